The van der Waals surface area contributed by atoms with E-state index in [0.29, 0.717) is 5.92 Å². The second kappa shape index (κ2) is 4.63. The number of aromatic nitrogens is 1. The molecule has 98 valence electrons. The number of methoxy groups -OCH3 is 1. The molecule has 1 heterocycles. The summed E-state index contributed by atoms with van der Waals surface area (Å²) in [5.41, 5.74) is 9.07. The molecule has 18 heavy (non-hydrogen) atoms. The lowest BCUT2D eigenvalue weighted by Crippen LogP contribution is -2.57. The van der Waals surface area contributed by atoms with Crippen molar-refractivity contribution >= 4 is 0 Å². The molecule has 0 aromatic carbocycles. The Morgan fingerprint density at radius 1 is 1.44 bits per heavy atom. The second-order valence-corrected chi connectivity index (χ2v) is 5.69. The van der Waals surface area contributed by atoms with E-state index >= 15 is 0 Å². The van der Waals surface area contributed by atoms with Gasteiger partial charge in [-0.15, -0.1) is 0 Å². The molecule has 3 nitrogen and oxygen atoms in total. The first-order valence-electron chi connectivity index (χ1n) is 7.01. The Kier molecular flexibility index (Phi) is 3.12. The molecule has 1 fully saturated rings. The van der Waals surface area contributed by atoms with Crippen LogP contribution in [-0.4, -0.2) is 23.7 Å². The van der Waals surface area contributed by atoms with Crippen molar-refractivity contribution in [3.05, 3.63) is 29.6 Å². The molecule has 0 aliphatic heterocycles. The Morgan fingerprint density at radius 3 is 2.94 bits per heavy atom. The van der Waals surface area contributed by atoms with Gasteiger partial charge in [-0.25, -0.2) is 0 Å². The monoisotopic (exact) mass is 246 g/mol. The van der Waals surface area contributed by atoms with Gasteiger partial charge in [-0.2, -0.15) is 0 Å². The average molecular weight is 246 g/mol. The molecule has 3 rings (SSSR count). The highest BCUT2D eigenvalue weighted by Crippen LogP contribution is 2.44. The molecule has 3 heteroatoms. The van der Waals surface area contributed by atoms with Crippen molar-refractivity contribution in [2.75, 3.05) is 7.11 Å². The number of nitrogens with two attached hydrogens (primary N) is 1. The molecule has 1 aromatic rings. The average Bonchev–Trinajstić information content (AvgIpc) is 2.37. The number of rotatable bonds is 3. The quantitative estimate of drug-likeness (QED) is 0.891. The van der Waals surface area contributed by atoms with E-state index in [1.165, 1.54) is 24.1 Å². The van der Waals surface area contributed by atoms with Gasteiger partial charge in [-0.05, 0) is 50.2 Å². The summed E-state index contributed by atoms with van der Waals surface area (Å²) >= 11 is 0. The Balaban J connectivity index is 1.89. The molecule has 0 bridgehead atoms. The number of aryl methyl sites for hydroxylation is 1. The highest BCUT2D eigenvalue weighted by molar-refractivity contribution is 5.28. The van der Waals surface area contributed by atoms with Crippen LogP contribution in [0.3, 0.4) is 0 Å². The molecule has 2 aliphatic rings. The third kappa shape index (κ3) is 1.77. The van der Waals surface area contributed by atoms with Gasteiger partial charge < -0.3 is 10.5 Å². The van der Waals surface area contributed by atoms with Crippen molar-refractivity contribution in [2.45, 2.75) is 56.1 Å². The summed E-state index contributed by atoms with van der Waals surface area (Å²) in [7, 11) is 1.81. The molecule has 1 saturated carbocycles. The fraction of sp³-hybridized carbons (Fsp3) is 0.667. The van der Waals surface area contributed by atoms with Gasteiger partial charge in [-0.3, -0.25) is 4.98 Å². The molecule has 2 atom stereocenters. The Labute approximate surface area is 109 Å². The van der Waals surface area contributed by atoms with Crippen LogP contribution in [0.5, 0.6) is 0 Å². The van der Waals surface area contributed by atoms with E-state index in [4.69, 9.17) is 10.5 Å². The number of hydrogen-bond donors (Lipinski definition) is 1. The molecule has 0 radical (unpaired) electrons. The molecule has 1 aromatic heterocycles. The molecular weight excluding hydrogens is 224 g/mol. The van der Waals surface area contributed by atoms with Gasteiger partial charge in [-0.1, -0.05) is 6.07 Å². The van der Waals surface area contributed by atoms with Crippen LogP contribution in [0.25, 0.3) is 0 Å². The molecule has 0 amide bonds. The third-order valence-corrected chi connectivity index (χ3v) is 4.89. The minimum absolute atomic E-state index is 0.0865. The predicted molar refractivity (Wildman–Crippen MR) is 71.5 cm³/mol. The zero-order valence-electron chi connectivity index (χ0n) is 11.1. The molecule has 0 saturated heterocycles. The number of fused-ring (bicyclic) bond motifs is 1. The maximum atomic E-state index is 6.55. The van der Waals surface area contributed by atoms with Crippen molar-refractivity contribution in [2.24, 2.45) is 5.73 Å². The minimum Gasteiger partial charge on any atom is -0.377 e. The summed E-state index contributed by atoms with van der Waals surface area (Å²) in [5, 5.41) is 0. The number of nitrogens with zero attached hydrogens (tertiary/aromatic N) is 1. The van der Waals surface area contributed by atoms with Crippen LogP contribution in [0.2, 0.25) is 0 Å². The zero-order valence-corrected chi connectivity index (χ0v) is 11.1. The molecular formula is C15H22N2O. The van der Waals surface area contributed by atoms with Gasteiger partial charge in [0.25, 0.3) is 0 Å². The summed E-state index contributed by atoms with van der Waals surface area (Å²) < 4.78 is 5.75. The second-order valence-electron chi connectivity index (χ2n) is 5.69. The van der Waals surface area contributed by atoms with E-state index in [-0.39, 0.29) is 11.6 Å². The standard InChI is InChI=1S/C15H22N2O/c1-18-15(8-4-9-15)14(16)12-7-2-5-11-6-3-10-17-13(11)12/h3,6,10,12,14H,2,4-5,7-9,16H2,1H3. The van der Waals surface area contributed by atoms with E-state index < -0.39 is 0 Å². The summed E-state index contributed by atoms with van der Waals surface area (Å²) in [5.74, 6) is 0.371. The van der Waals surface area contributed by atoms with E-state index in [2.05, 4.69) is 11.1 Å². The lowest BCUT2D eigenvalue weighted by molar-refractivity contribution is -0.0964. The normalized spacial score (nSPS) is 27.1. The fourth-order valence-corrected chi connectivity index (χ4v) is 3.56. The molecule has 2 N–H and O–H groups in total. The van der Waals surface area contributed by atoms with Gasteiger partial charge in [0.2, 0.25) is 0 Å². The van der Waals surface area contributed by atoms with E-state index in [1.54, 1.807) is 7.11 Å². The first-order chi connectivity index (χ1) is 8.77. The number of pyridine rings is 1. The topological polar surface area (TPSA) is 48.1 Å². The number of hydrogen-bond acceptors (Lipinski definition) is 3. The van der Waals surface area contributed by atoms with Gasteiger partial charge >= 0.3 is 0 Å². The Hall–Kier alpha value is -0.930. The van der Waals surface area contributed by atoms with E-state index in [9.17, 15) is 0 Å². The van der Waals surface area contributed by atoms with Gasteiger partial charge in [0.1, 0.15) is 0 Å². The van der Waals surface area contributed by atoms with Gasteiger partial charge in [0.05, 0.1) is 5.60 Å². The van der Waals surface area contributed by atoms with Crippen LogP contribution in [0, 0.1) is 0 Å². The Bertz CT molecular complexity index is 423. The lowest BCUT2D eigenvalue weighted by Gasteiger charge is -2.48. The summed E-state index contributed by atoms with van der Waals surface area (Å²) in [6, 6.07) is 4.31. The maximum absolute atomic E-state index is 6.55. The van der Waals surface area contributed by atoms with Crippen molar-refractivity contribution in [1.82, 2.24) is 4.98 Å². The molecule has 0 spiro atoms. The third-order valence-electron chi connectivity index (χ3n) is 4.89. The van der Waals surface area contributed by atoms with Crippen molar-refractivity contribution in [1.29, 1.82) is 0 Å². The first kappa shape index (κ1) is 12.1. The van der Waals surface area contributed by atoms with Crippen LogP contribution in [0.1, 0.15) is 49.3 Å². The van der Waals surface area contributed by atoms with Crippen molar-refractivity contribution in [3.8, 4) is 0 Å². The smallest absolute Gasteiger partial charge is 0.0835 e. The summed E-state index contributed by atoms with van der Waals surface area (Å²) in [4.78, 5) is 4.59. The maximum Gasteiger partial charge on any atom is 0.0835 e. The van der Waals surface area contributed by atoms with Crippen LogP contribution in [-0.2, 0) is 11.2 Å². The van der Waals surface area contributed by atoms with Crippen LogP contribution in [0.4, 0.5) is 0 Å². The molecule has 2 unspecified atom stereocenters. The first-order valence-corrected chi connectivity index (χ1v) is 7.01. The Morgan fingerprint density at radius 2 is 2.28 bits per heavy atom. The highest BCUT2D eigenvalue weighted by Gasteiger charge is 2.47. The predicted octanol–water partition coefficient (Wildman–Crippen LogP) is 2.40. The summed E-state index contributed by atoms with van der Waals surface area (Å²) in [6.07, 6.45) is 8.85. The SMILES string of the molecule is COC1(C(N)C2CCCc3cccnc32)CCC1. The van der Waals surface area contributed by atoms with Gasteiger partial charge in [0.15, 0.2) is 0 Å². The number of ether oxygens (including phenoxy) is 1. The fourth-order valence-electron chi connectivity index (χ4n) is 3.56. The van der Waals surface area contributed by atoms with Crippen molar-refractivity contribution < 1.29 is 4.74 Å². The van der Waals surface area contributed by atoms with E-state index in [1.807, 2.05) is 12.3 Å². The zero-order chi connectivity index (χ0) is 12.6. The van der Waals surface area contributed by atoms with Gasteiger partial charge in [0, 0.05) is 31.0 Å². The molecule has 2 aliphatic carbocycles. The van der Waals surface area contributed by atoms with E-state index in [0.717, 1.165) is 25.7 Å². The highest BCUT2D eigenvalue weighted by atomic mass is 16.5. The van der Waals surface area contributed by atoms with Crippen LogP contribution < -0.4 is 5.73 Å². The van der Waals surface area contributed by atoms with Crippen LogP contribution in [0.15, 0.2) is 18.3 Å². The minimum atomic E-state index is -0.0865. The summed E-state index contributed by atoms with van der Waals surface area (Å²) in [6.45, 7) is 0. The van der Waals surface area contributed by atoms with Crippen molar-refractivity contribution in [3.63, 3.8) is 0 Å². The largest absolute Gasteiger partial charge is 0.377 e. The van der Waals surface area contributed by atoms with Crippen LogP contribution >= 0.6 is 0 Å². The lowest BCUT2D eigenvalue weighted by atomic mass is 9.67.